The summed E-state index contributed by atoms with van der Waals surface area (Å²) in [5.74, 6) is -1.92. The van der Waals surface area contributed by atoms with E-state index in [1.165, 1.54) is 14.2 Å². The minimum atomic E-state index is -5.08. The average Bonchev–Trinajstić information content (AvgIpc) is 4.19. The molecule has 4 atom stereocenters. The number of imidazole rings is 2. The second-order valence-electron chi connectivity index (χ2n) is 17.0. The van der Waals surface area contributed by atoms with Crippen molar-refractivity contribution in [2.75, 3.05) is 27.2 Å². The number of hydrogen-bond donors (Lipinski definition) is 5. The maximum Gasteiger partial charge on any atom is 0.490 e. The van der Waals surface area contributed by atoms with Crippen LogP contribution in [0.2, 0.25) is 0 Å². The maximum absolute atomic E-state index is 14.0. The number of rotatable bonds is 12. The lowest BCUT2D eigenvalue weighted by Gasteiger charge is -2.32. The summed E-state index contributed by atoms with van der Waals surface area (Å²) in [5.41, 5.74) is 7.23. The minimum Gasteiger partial charge on any atom is -0.475 e. The summed E-state index contributed by atoms with van der Waals surface area (Å²) in [6, 6.07) is 21.1. The van der Waals surface area contributed by atoms with Crippen molar-refractivity contribution in [2.24, 2.45) is 5.92 Å². The number of alkyl carbamates (subject to hydrolysis) is 1. The van der Waals surface area contributed by atoms with Gasteiger partial charge in [0.05, 0.1) is 59.7 Å². The molecule has 0 unspecified atom stereocenters. The molecule has 18 nitrogen and oxygen atoms in total. The van der Waals surface area contributed by atoms with Crippen LogP contribution in [-0.4, -0.2) is 130 Å². The Labute approximate surface area is 393 Å². The number of benzene rings is 3. The first kappa shape index (κ1) is 49.1. The molecule has 2 saturated heterocycles. The number of likely N-dealkylation sites (tertiary alicyclic amines) is 2. The summed E-state index contributed by atoms with van der Waals surface area (Å²) in [4.78, 5) is 91.1. The number of alkyl halides is 3. The molecule has 0 spiro atoms. The largest absolute Gasteiger partial charge is 0.490 e. The number of fused-ring (bicyclic) bond motifs is 1. The van der Waals surface area contributed by atoms with Gasteiger partial charge in [-0.15, -0.1) is 0 Å². The molecular formula is C48H51F3N10O8. The van der Waals surface area contributed by atoms with Crippen LogP contribution >= 0.6 is 0 Å². The third-order valence-corrected chi connectivity index (χ3v) is 12.2. The zero-order valence-corrected chi connectivity index (χ0v) is 38.1. The number of aromatic nitrogens is 6. The Balaban J connectivity index is 0.000000933. The van der Waals surface area contributed by atoms with Gasteiger partial charge in [0, 0.05) is 49.4 Å². The molecule has 8 rings (SSSR count). The number of carboxylic acids is 1. The molecule has 362 valence electrons. The number of likely N-dealkylation sites (N-methyl/N-ethyl adjacent to an activating group) is 1. The Bertz CT molecular complexity index is 2800. The first-order chi connectivity index (χ1) is 32.9. The van der Waals surface area contributed by atoms with Crippen LogP contribution in [0.1, 0.15) is 68.8 Å². The number of amides is 4. The van der Waals surface area contributed by atoms with Crippen LogP contribution in [0, 0.1) is 5.92 Å². The lowest BCUT2D eigenvalue weighted by molar-refractivity contribution is -0.192. The number of carboxylic acid groups (broad SMARTS) is 2. The van der Waals surface area contributed by atoms with E-state index in [1.54, 1.807) is 22.2 Å². The predicted octanol–water partition coefficient (Wildman–Crippen LogP) is 7.64. The molecule has 4 amide bonds. The van der Waals surface area contributed by atoms with Crippen molar-refractivity contribution in [3.63, 3.8) is 0 Å². The standard InChI is InChI=1S/C46H50N10O6.C2HF3O2/c1-27(2)40(53-45(59)62-4)44(58)56-21-9-13-38(56)42-48-25-35(51-42)30-16-14-29(15-17-30)34-24-47-33-23-31(18-19-32(33)50-34)36-26-49-41(52-36)37-12-8-20-55(37)43(57)39(54(3)46(60)61)22-28-10-6-5-7-11-28;3-2(4,5)1(6)7/h5-7,10-11,14-19,23-27,37-40H,8-9,12-13,20-22H2,1-4H3,(H,48,51)(H,49,52)(H,53,59)(H,60,61);(H,6,7)/t37-,38-,39-,40-;/m0./s1. The third kappa shape index (κ3) is 11.3. The molecule has 3 aromatic heterocycles. The van der Waals surface area contributed by atoms with Crippen molar-refractivity contribution in [1.29, 1.82) is 0 Å². The molecule has 0 saturated carbocycles. The Morgan fingerprint density at radius 1 is 0.812 bits per heavy atom. The molecule has 6 aromatic rings. The molecule has 0 radical (unpaired) electrons. The van der Waals surface area contributed by atoms with E-state index in [4.69, 9.17) is 34.6 Å². The number of hydrogen-bond acceptors (Lipinski definition) is 10. The van der Waals surface area contributed by atoms with Gasteiger partial charge in [-0.1, -0.05) is 74.5 Å². The van der Waals surface area contributed by atoms with Crippen LogP contribution in [0.25, 0.3) is 44.8 Å². The van der Waals surface area contributed by atoms with Crippen molar-refractivity contribution in [2.45, 2.75) is 76.3 Å². The highest BCUT2D eigenvalue weighted by molar-refractivity contribution is 5.87. The van der Waals surface area contributed by atoms with E-state index in [9.17, 15) is 37.5 Å². The van der Waals surface area contributed by atoms with Crippen LogP contribution in [0.5, 0.6) is 0 Å². The highest BCUT2D eigenvalue weighted by atomic mass is 19.4. The number of halogens is 3. The fraction of sp³-hybridized carbons (Fsp3) is 0.354. The number of carbonyl (C=O) groups excluding carboxylic acids is 3. The van der Waals surface area contributed by atoms with Crippen LogP contribution in [0.15, 0.2) is 91.4 Å². The van der Waals surface area contributed by atoms with Crippen LogP contribution < -0.4 is 5.32 Å². The Morgan fingerprint density at radius 2 is 1.42 bits per heavy atom. The van der Waals surface area contributed by atoms with Crippen molar-refractivity contribution in [3.8, 4) is 33.8 Å². The summed E-state index contributed by atoms with van der Waals surface area (Å²) in [7, 11) is 2.73. The number of ether oxygens (including phenoxy) is 1. The van der Waals surface area contributed by atoms with Crippen LogP contribution in [0.4, 0.5) is 22.8 Å². The zero-order chi connectivity index (χ0) is 49.6. The SMILES string of the molecule is COC(=O)N[C@H](C(=O)N1CCC[C@H]1c1nc(-c2ccc(-c3cnc4cc(-c5cnc([C@@H]6CCCN6C(=O)[C@H](Cc6ccccc6)N(C)C(=O)O)[nH]5)ccc4n3)cc2)c[nH]1)C(C)C.O=C(O)C(F)(F)F. The fourth-order valence-corrected chi connectivity index (χ4v) is 8.50. The van der Waals surface area contributed by atoms with Gasteiger partial charge in [-0.05, 0) is 49.3 Å². The molecular weight excluding hydrogens is 902 g/mol. The molecule has 2 fully saturated rings. The molecule has 69 heavy (non-hydrogen) atoms. The van der Waals surface area contributed by atoms with Gasteiger partial charge in [-0.2, -0.15) is 13.2 Å². The molecule has 0 aliphatic carbocycles. The van der Waals surface area contributed by atoms with E-state index in [1.807, 2.05) is 92.8 Å². The number of nitrogens with one attached hydrogen (secondary N) is 3. The van der Waals surface area contributed by atoms with Gasteiger partial charge < -0.3 is 40.0 Å². The molecule has 5 heterocycles. The molecule has 5 N–H and O–H groups in total. The van der Waals surface area contributed by atoms with Gasteiger partial charge >= 0.3 is 24.3 Å². The molecule has 0 bridgehead atoms. The Hall–Kier alpha value is -7.84. The van der Waals surface area contributed by atoms with Crippen molar-refractivity contribution in [1.82, 2.24) is 49.9 Å². The minimum absolute atomic E-state index is 0.119. The predicted molar refractivity (Wildman–Crippen MR) is 245 cm³/mol. The number of aromatic amines is 2. The Kier molecular flexibility index (Phi) is 14.9. The molecule has 2 aliphatic heterocycles. The third-order valence-electron chi connectivity index (χ3n) is 12.2. The number of methoxy groups -OCH3 is 1. The van der Waals surface area contributed by atoms with Crippen molar-refractivity contribution in [3.05, 3.63) is 109 Å². The van der Waals surface area contributed by atoms with Crippen molar-refractivity contribution >= 4 is 41.0 Å². The number of H-pyrrole nitrogens is 2. The Morgan fingerprint density at radius 3 is 2.03 bits per heavy atom. The van der Waals surface area contributed by atoms with Gasteiger partial charge in [0.1, 0.15) is 23.7 Å². The first-order valence-electron chi connectivity index (χ1n) is 22.2. The average molecular weight is 953 g/mol. The quantitative estimate of drug-likeness (QED) is 0.0795. The summed E-state index contributed by atoms with van der Waals surface area (Å²) in [6.45, 7) is 4.88. The van der Waals surface area contributed by atoms with E-state index < -0.39 is 36.4 Å². The van der Waals surface area contributed by atoms with E-state index in [0.29, 0.717) is 42.4 Å². The summed E-state index contributed by atoms with van der Waals surface area (Å²) >= 11 is 0. The topological polar surface area (TPSA) is 240 Å². The molecule has 3 aromatic carbocycles. The number of aliphatic carboxylic acids is 1. The van der Waals surface area contributed by atoms with E-state index >= 15 is 0 Å². The number of carbonyl (C=O) groups is 5. The van der Waals surface area contributed by atoms with Gasteiger partial charge in [0.2, 0.25) is 11.8 Å². The van der Waals surface area contributed by atoms with Crippen LogP contribution in [-0.2, 0) is 25.5 Å². The highest BCUT2D eigenvalue weighted by Crippen LogP contribution is 2.35. The van der Waals surface area contributed by atoms with Gasteiger partial charge in [0.25, 0.3) is 0 Å². The van der Waals surface area contributed by atoms with E-state index in [-0.39, 0.29) is 36.2 Å². The second-order valence-corrected chi connectivity index (χ2v) is 17.0. The normalized spacial score (nSPS) is 16.7. The monoisotopic (exact) mass is 952 g/mol. The van der Waals surface area contributed by atoms with Gasteiger partial charge in [-0.3, -0.25) is 19.5 Å². The number of nitrogens with zero attached hydrogens (tertiary/aromatic N) is 7. The van der Waals surface area contributed by atoms with Crippen LogP contribution in [0.3, 0.4) is 0 Å². The summed E-state index contributed by atoms with van der Waals surface area (Å²) < 4.78 is 36.5. The maximum atomic E-state index is 14.0. The van der Waals surface area contributed by atoms with Crippen molar-refractivity contribution < 1.29 is 52.1 Å². The van der Waals surface area contributed by atoms with Gasteiger partial charge in [-0.25, -0.2) is 29.3 Å². The van der Waals surface area contributed by atoms with E-state index in [0.717, 1.165) is 63.3 Å². The summed E-state index contributed by atoms with van der Waals surface area (Å²) in [5, 5.41) is 19.6. The van der Waals surface area contributed by atoms with Gasteiger partial charge in [0.15, 0.2) is 0 Å². The lowest BCUT2D eigenvalue weighted by atomic mass is 10.0. The first-order valence-corrected chi connectivity index (χ1v) is 22.2. The smallest absolute Gasteiger partial charge is 0.475 e. The fourth-order valence-electron chi connectivity index (χ4n) is 8.50. The lowest BCUT2D eigenvalue weighted by Crippen LogP contribution is -2.51. The zero-order valence-electron chi connectivity index (χ0n) is 38.1. The molecule has 21 heteroatoms. The highest BCUT2D eigenvalue weighted by Gasteiger charge is 2.40. The second kappa shape index (κ2) is 21.0. The molecule has 2 aliphatic rings. The van der Waals surface area contributed by atoms with E-state index in [2.05, 4.69) is 15.3 Å². The summed E-state index contributed by atoms with van der Waals surface area (Å²) in [6.07, 6.45) is 1.84.